The Morgan fingerprint density at radius 3 is 2.45 bits per heavy atom. The molecule has 0 aliphatic heterocycles. The maximum atomic E-state index is 13.2. The summed E-state index contributed by atoms with van der Waals surface area (Å²) < 4.78 is 5.69. The first kappa shape index (κ1) is 24.9. The number of ether oxygens (including phenoxy) is 1. The van der Waals surface area contributed by atoms with Gasteiger partial charge in [0.15, 0.2) is 0 Å². The number of unbranched alkanes of at least 4 members (excludes halogenated alkanes) is 1. The smallest absolute Gasteiger partial charge is 0.270 e. The van der Waals surface area contributed by atoms with Gasteiger partial charge in [0.1, 0.15) is 16.5 Å². The molecule has 2 rings (SSSR count). The van der Waals surface area contributed by atoms with Gasteiger partial charge in [-0.05, 0) is 42.5 Å². The maximum Gasteiger partial charge on any atom is 0.270 e. The first-order valence-corrected chi connectivity index (χ1v) is 11.9. The van der Waals surface area contributed by atoms with Gasteiger partial charge in [-0.25, -0.2) is 4.98 Å². The predicted octanol–water partition coefficient (Wildman–Crippen LogP) is 5.01. The number of hydrogen-bond donors (Lipinski definition) is 1. The molecule has 1 N–H and O–H groups in total. The van der Waals surface area contributed by atoms with Crippen molar-refractivity contribution in [3.8, 4) is 5.75 Å². The Kier molecular flexibility index (Phi) is 9.98. The molecule has 0 unspecified atom stereocenters. The summed E-state index contributed by atoms with van der Waals surface area (Å²) >= 11 is 1.41. The molecular weight excluding hydrogens is 410 g/mol. The second kappa shape index (κ2) is 12.4. The average Bonchev–Trinajstić information content (AvgIpc) is 3.20. The van der Waals surface area contributed by atoms with Gasteiger partial charge in [-0.2, -0.15) is 0 Å². The van der Waals surface area contributed by atoms with Crippen LogP contribution >= 0.6 is 11.3 Å². The van der Waals surface area contributed by atoms with Crippen LogP contribution in [0.15, 0.2) is 29.6 Å². The second-order valence-electron chi connectivity index (χ2n) is 8.54. The van der Waals surface area contributed by atoms with Gasteiger partial charge in [-0.15, -0.1) is 11.3 Å². The van der Waals surface area contributed by atoms with Gasteiger partial charge in [0, 0.05) is 24.0 Å². The zero-order valence-corrected chi connectivity index (χ0v) is 20.1. The van der Waals surface area contributed by atoms with E-state index in [1.807, 2.05) is 38.1 Å². The molecule has 1 aromatic carbocycles. The zero-order valence-electron chi connectivity index (χ0n) is 19.3. The van der Waals surface area contributed by atoms with Crippen LogP contribution in [0.25, 0.3) is 0 Å². The van der Waals surface area contributed by atoms with Crippen molar-refractivity contribution >= 4 is 23.2 Å². The van der Waals surface area contributed by atoms with Crippen LogP contribution in [0.5, 0.6) is 5.75 Å². The summed E-state index contributed by atoms with van der Waals surface area (Å²) in [4.78, 5) is 31.7. The number of carbonyl (C=O) groups excluding carboxylic acids is 2. The van der Waals surface area contributed by atoms with E-state index in [2.05, 4.69) is 31.1 Å². The van der Waals surface area contributed by atoms with E-state index in [1.165, 1.54) is 11.3 Å². The zero-order chi connectivity index (χ0) is 22.8. The summed E-state index contributed by atoms with van der Waals surface area (Å²) in [6, 6.07) is 7.31. The molecule has 7 heteroatoms. The number of hydrogen-bond acceptors (Lipinski definition) is 5. The molecule has 1 heterocycles. The molecule has 0 saturated heterocycles. The number of thiazole rings is 1. The van der Waals surface area contributed by atoms with Crippen molar-refractivity contribution in [2.24, 2.45) is 11.8 Å². The summed E-state index contributed by atoms with van der Waals surface area (Å²) in [6.45, 7) is 12.7. The first-order chi connectivity index (χ1) is 14.8. The van der Waals surface area contributed by atoms with E-state index < -0.39 is 0 Å². The third kappa shape index (κ3) is 8.32. The molecule has 0 aliphatic carbocycles. The quantitative estimate of drug-likeness (QED) is 0.466. The van der Waals surface area contributed by atoms with Crippen molar-refractivity contribution < 1.29 is 14.3 Å². The van der Waals surface area contributed by atoms with Crippen molar-refractivity contribution in [2.75, 3.05) is 19.7 Å². The fourth-order valence-corrected chi connectivity index (χ4v) is 3.70. The number of rotatable bonds is 12. The Morgan fingerprint density at radius 1 is 1.13 bits per heavy atom. The number of amides is 2. The Morgan fingerprint density at radius 2 is 1.84 bits per heavy atom. The van der Waals surface area contributed by atoms with Crippen LogP contribution in [-0.4, -0.2) is 41.4 Å². The van der Waals surface area contributed by atoms with Gasteiger partial charge in [0.2, 0.25) is 0 Å². The van der Waals surface area contributed by atoms with Crippen molar-refractivity contribution in [1.82, 2.24) is 15.2 Å². The third-order valence-electron chi connectivity index (χ3n) is 4.52. The van der Waals surface area contributed by atoms with E-state index in [0.29, 0.717) is 49.3 Å². The van der Waals surface area contributed by atoms with E-state index in [-0.39, 0.29) is 11.8 Å². The molecule has 0 bridgehead atoms. The predicted molar refractivity (Wildman–Crippen MR) is 126 cm³/mol. The molecule has 2 amide bonds. The second-order valence-corrected chi connectivity index (χ2v) is 9.48. The first-order valence-electron chi connectivity index (χ1n) is 11.0. The largest absolute Gasteiger partial charge is 0.494 e. The number of aromatic nitrogens is 1. The molecule has 1 aromatic heterocycles. The van der Waals surface area contributed by atoms with Gasteiger partial charge in [-0.3, -0.25) is 9.59 Å². The SMILES string of the molecule is CCCCOc1ccc(C(=O)N(Cc2nc(C(=O)NCC(C)C)cs2)CC(C)C)cc1. The van der Waals surface area contributed by atoms with Crippen LogP contribution in [0.3, 0.4) is 0 Å². The summed E-state index contributed by atoms with van der Waals surface area (Å²) in [5.41, 5.74) is 1.03. The molecule has 0 aliphatic rings. The Bertz CT molecular complexity index is 831. The normalized spacial score (nSPS) is 11.1. The van der Waals surface area contributed by atoms with Crippen LogP contribution < -0.4 is 10.1 Å². The van der Waals surface area contributed by atoms with Gasteiger partial charge in [0.05, 0.1) is 13.2 Å². The molecule has 31 heavy (non-hydrogen) atoms. The minimum atomic E-state index is -0.170. The molecule has 0 saturated carbocycles. The third-order valence-corrected chi connectivity index (χ3v) is 5.36. The Labute approximate surface area is 190 Å². The summed E-state index contributed by atoms with van der Waals surface area (Å²) in [7, 11) is 0. The maximum absolute atomic E-state index is 13.2. The van der Waals surface area contributed by atoms with Crippen LogP contribution in [0.2, 0.25) is 0 Å². The van der Waals surface area contributed by atoms with E-state index >= 15 is 0 Å². The van der Waals surface area contributed by atoms with Gasteiger partial charge in [-0.1, -0.05) is 41.0 Å². The molecule has 2 aromatic rings. The van der Waals surface area contributed by atoms with Crippen molar-refractivity contribution in [2.45, 2.75) is 54.0 Å². The fraction of sp³-hybridized carbons (Fsp3) is 0.542. The highest BCUT2D eigenvalue weighted by molar-refractivity contribution is 7.09. The molecule has 0 spiro atoms. The summed E-state index contributed by atoms with van der Waals surface area (Å²) in [6.07, 6.45) is 2.09. The highest BCUT2D eigenvalue weighted by Gasteiger charge is 2.20. The molecule has 0 fully saturated rings. The monoisotopic (exact) mass is 445 g/mol. The lowest BCUT2D eigenvalue weighted by Gasteiger charge is -2.24. The minimum absolute atomic E-state index is 0.0465. The minimum Gasteiger partial charge on any atom is -0.494 e. The van der Waals surface area contributed by atoms with Crippen LogP contribution in [0.1, 0.15) is 73.3 Å². The summed E-state index contributed by atoms with van der Waals surface area (Å²) in [5, 5.41) is 5.39. The fourth-order valence-electron chi connectivity index (χ4n) is 2.91. The molecule has 0 atom stereocenters. The Balaban J connectivity index is 2.06. The average molecular weight is 446 g/mol. The Hall–Kier alpha value is -2.41. The van der Waals surface area contributed by atoms with Gasteiger partial charge in [0.25, 0.3) is 11.8 Å². The molecule has 6 nitrogen and oxygen atoms in total. The van der Waals surface area contributed by atoms with E-state index in [9.17, 15) is 9.59 Å². The van der Waals surface area contributed by atoms with Crippen LogP contribution in [-0.2, 0) is 6.54 Å². The van der Waals surface area contributed by atoms with Crippen molar-refractivity contribution in [1.29, 1.82) is 0 Å². The van der Waals surface area contributed by atoms with Gasteiger partial charge < -0.3 is 15.0 Å². The van der Waals surface area contributed by atoms with E-state index in [1.54, 1.807) is 10.3 Å². The molecule has 0 radical (unpaired) electrons. The highest BCUT2D eigenvalue weighted by Crippen LogP contribution is 2.18. The van der Waals surface area contributed by atoms with Crippen LogP contribution in [0.4, 0.5) is 0 Å². The topological polar surface area (TPSA) is 71.5 Å². The lowest BCUT2D eigenvalue weighted by Crippen LogP contribution is -2.33. The number of benzene rings is 1. The number of nitrogens with zero attached hydrogens (tertiary/aromatic N) is 2. The number of nitrogens with one attached hydrogen (secondary N) is 1. The van der Waals surface area contributed by atoms with Crippen molar-refractivity contribution in [3.05, 3.63) is 45.9 Å². The lowest BCUT2D eigenvalue weighted by molar-refractivity contribution is 0.0722. The summed E-state index contributed by atoms with van der Waals surface area (Å²) in [5.74, 6) is 1.25. The van der Waals surface area contributed by atoms with Crippen molar-refractivity contribution in [3.63, 3.8) is 0 Å². The standard InChI is InChI=1S/C24H35N3O3S/c1-6-7-12-30-20-10-8-19(9-11-20)24(29)27(14-18(4)5)15-22-26-21(16-31-22)23(28)25-13-17(2)3/h8-11,16-18H,6-7,12-15H2,1-5H3,(H,25,28). The van der Waals surface area contributed by atoms with E-state index in [4.69, 9.17) is 4.74 Å². The van der Waals surface area contributed by atoms with Gasteiger partial charge >= 0.3 is 0 Å². The van der Waals surface area contributed by atoms with E-state index in [0.717, 1.165) is 23.6 Å². The molecular formula is C24H35N3O3S. The van der Waals surface area contributed by atoms with Crippen LogP contribution in [0, 0.1) is 11.8 Å². The lowest BCUT2D eigenvalue weighted by atomic mass is 10.1. The molecule has 170 valence electrons. The number of carbonyl (C=O) groups is 2. The highest BCUT2D eigenvalue weighted by atomic mass is 32.1.